The normalized spacial score (nSPS) is 10.1. The van der Waals surface area contributed by atoms with E-state index in [2.05, 4.69) is 6.92 Å². The first kappa shape index (κ1) is 22.0. The zero-order valence-electron chi connectivity index (χ0n) is 17.8. The van der Waals surface area contributed by atoms with Crippen molar-refractivity contribution in [2.24, 2.45) is 0 Å². The summed E-state index contributed by atoms with van der Waals surface area (Å²) >= 11 is 0. The standard InChI is InChI=1S/C22H21NO2.C6H6/c1-2-3-14-23-15-19(17-10-6-4-7-11-17)21(22(23)20(25)16-24)18-12-8-5-9-13-18;1-2-4-6-5-3-1/h4-13,15-16H,2-3,14H2,1H3;1-6H. The molecule has 156 valence electrons. The zero-order valence-corrected chi connectivity index (χ0v) is 17.8. The molecule has 1 heterocycles. The Morgan fingerprint density at radius 3 is 1.74 bits per heavy atom. The Bertz CT molecular complexity index is 1060. The number of aryl methyl sites for hydroxylation is 1. The lowest BCUT2D eigenvalue weighted by Gasteiger charge is -2.09. The lowest BCUT2D eigenvalue weighted by Crippen LogP contribution is -2.11. The molecule has 0 aliphatic carbocycles. The highest BCUT2D eigenvalue weighted by atomic mass is 16.2. The highest BCUT2D eigenvalue weighted by Crippen LogP contribution is 2.37. The molecular weight excluding hydrogens is 382 g/mol. The minimum absolute atomic E-state index is 0.416. The summed E-state index contributed by atoms with van der Waals surface area (Å²) in [4.78, 5) is 23.7. The molecule has 0 aliphatic heterocycles. The number of nitrogens with zero attached hydrogens (tertiary/aromatic N) is 1. The van der Waals surface area contributed by atoms with Gasteiger partial charge in [0.15, 0.2) is 6.29 Å². The number of Topliss-reactive ketones (excluding diaryl/α,β-unsaturated/α-hetero) is 1. The lowest BCUT2D eigenvalue weighted by molar-refractivity contribution is -0.104. The molecular formula is C28H27NO2. The van der Waals surface area contributed by atoms with Gasteiger partial charge in [0.2, 0.25) is 5.78 Å². The highest BCUT2D eigenvalue weighted by Gasteiger charge is 2.23. The van der Waals surface area contributed by atoms with Gasteiger partial charge in [0, 0.05) is 23.9 Å². The van der Waals surface area contributed by atoms with Gasteiger partial charge in [-0.25, -0.2) is 0 Å². The van der Waals surface area contributed by atoms with Crippen molar-refractivity contribution in [3.8, 4) is 22.3 Å². The average Bonchev–Trinajstić information content (AvgIpc) is 3.24. The molecule has 0 bridgehead atoms. The Hall–Kier alpha value is -3.72. The van der Waals surface area contributed by atoms with Crippen LogP contribution in [0.25, 0.3) is 22.3 Å². The Balaban J connectivity index is 0.000000391. The predicted molar refractivity (Wildman–Crippen MR) is 127 cm³/mol. The van der Waals surface area contributed by atoms with Gasteiger partial charge >= 0.3 is 0 Å². The molecule has 4 aromatic rings. The third-order valence-corrected chi connectivity index (χ3v) is 4.99. The van der Waals surface area contributed by atoms with Crippen molar-refractivity contribution in [2.45, 2.75) is 26.3 Å². The topological polar surface area (TPSA) is 39.1 Å². The Morgan fingerprint density at radius 2 is 1.26 bits per heavy atom. The van der Waals surface area contributed by atoms with Gasteiger partial charge in [-0.3, -0.25) is 9.59 Å². The van der Waals surface area contributed by atoms with Crippen molar-refractivity contribution in [1.29, 1.82) is 0 Å². The van der Waals surface area contributed by atoms with E-state index in [1.807, 2.05) is 108 Å². The molecule has 3 heteroatoms. The smallest absolute Gasteiger partial charge is 0.242 e. The summed E-state index contributed by atoms with van der Waals surface area (Å²) in [5.74, 6) is -0.475. The molecule has 3 aromatic carbocycles. The number of carbonyl (C=O) groups excluding carboxylic acids is 2. The van der Waals surface area contributed by atoms with Crippen LogP contribution in [-0.2, 0) is 11.3 Å². The molecule has 1 aromatic heterocycles. The molecule has 0 atom stereocenters. The van der Waals surface area contributed by atoms with Gasteiger partial charge < -0.3 is 4.57 Å². The Morgan fingerprint density at radius 1 is 0.774 bits per heavy atom. The van der Waals surface area contributed by atoms with Crippen LogP contribution in [0.4, 0.5) is 0 Å². The number of carbonyl (C=O) groups is 2. The van der Waals surface area contributed by atoms with Crippen molar-refractivity contribution < 1.29 is 9.59 Å². The van der Waals surface area contributed by atoms with Crippen LogP contribution in [-0.4, -0.2) is 16.6 Å². The summed E-state index contributed by atoms with van der Waals surface area (Å²) in [5, 5.41) is 0. The minimum atomic E-state index is -0.475. The molecule has 0 aliphatic rings. The van der Waals surface area contributed by atoms with Gasteiger partial charge in [0.05, 0.1) is 0 Å². The molecule has 0 amide bonds. The van der Waals surface area contributed by atoms with Gasteiger partial charge in [-0.1, -0.05) is 110 Å². The minimum Gasteiger partial charge on any atom is -0.344 e. The quantitative estimate of drug-likeness (QED) is 0.194. The van der Waals surface area contributed by atoms with Crippen LogP contribution in [0, 0.1) is 0 Å². The number of aldehydes is 1. The highest BCUT2D eigenvalue weighted by molar-refractivity contribution is 6.35. The molecule has 0 saturated carbocycles. The summed E-state index contributed by atoms with van der Waals surface area (Å²) in [6, 6.07) is 31.8. The summed E-state index contributed by atoms with van der Waals surface area (Å²) in [5.41, 5.74) is 4.28. The van der Waals surface area contributed by atoms with Crippen LogP contribution in [0.3, 0.4) is 0 Å². The van der Waals surface area contributed by atoms with E-state index < -0.39 is 5.78 Å². The van der Waals surface area contributed by atoms with E-state index in [9.17, 15) is 9.59 Å². The summed E-state index contributed by atoms with van der Waals surface area (Å²) in [6.45, 7) is 2.83. The molecule has 0 saturated heterocycles. The van der Waals surface area contributed by atoms with Gasteiger partial charge in [0.1, 0.15) is 5.69 Å². The fourth-order valence-corrected chi connectivity index (χ4v) is 3.50. The molecule has 0 spiro atoms. The molecule has 31 heavy (non-hydrogen) atoms. The largest absolute Gasteiger partial charge is 0.344 e. The lowest BCUT2D eigenvalue weighted by atomic mass is 9.96. The zero-order chi connectivity index (χ0) is 21.9. The van der Waals surface area contributed by atoms with Gasteiger partial charge in [-0.2, -0.15) is 0 Å². The Labute approximate surface area is 184 Å². The third-order valence-electron chi connectivity index (χ3n) is 4.99. The van der Waals surface area contributed by atoms with Crippen molar-refractivity contribution in [3.05, 3.63) is 109 Å². The number of benzene rings is 3. The fourth-order valence-electron chi connectivity index (χ4n) is 3.50. The van der Waals surface area contributed by atoms with Crippen molar-refractivity contribution >= 4 is 12.1 Å². The van der Waals surface area contributed by atoms with E-state index >= 15 is 0 Å². The van der Waals surface area contributed by atoms with Crippen LogP contribution in [0.5, 0.6) is 0 Å². The molecule has 3 nitrogen and oxygen atoms in total. The first-order valence-electron chi connectivity index (χ1n) is 10.6. The SMILES string of the molecule is CCCCn1cc(-c2ccccc2)c(-c2ccccc2)c1C(=O)C=O.c1ccccc1. The van der Waals surface area contributed by atoms with Crippen LogP contribution >= 0.6 is 0 Å². The summed E-state index contributed by atoms with van der Waals surface area (Å²) in [7, 11) is 0. The molecule has 4 rings (SSSR count). The van der Waals surface area contributed by atoms with Gasteiger partial charge in [0.25, 0.3) is 0 Å². The average molecular weight is 410 g/mol. The van der Waals surface area contributed by atoms with E-state index in [4.69, 9.17) is 0 Å². The molecule has 0 radical (unpaired) electrons. The molecule has 0 fully saturated rings. The summed E-state index contributed by atoms with van der Waals surface area (Å²) < 4.78 is 1.94. The molecule has 0 unspecified atom stereocenters. The second kappa shape index (κ2) is 11.5. The second-order valence-electron chi connectivity index (χ2n) is 7.18. The number of rotatable bonds is 7. The van der Waals surface area contributed by atoms with E-state index in [1.165, 1.54) is 0 Å². The van der Waals surface area contributed by atoms with Crippen LogP contribution in [0.2, 0.25) is 0 Å². The van der Waals surface area contributed by atoms with Crippen LogP contribution in [0.1, 0.15) is 30.3 Å². The number of aromatic nitrogens is 1. The first-order chi connectivity index (χ1) is 15.3. The number of unbranched alkanes of at least 4 members (excludes halogenated alkanes) is 1. The van der Waals surface area contributed by atoms with E-state index in [-0.39, 0.29) is 0 Å². The summed E-state index contributed by atoms with van der Waals surface area (Å²) in [6.07, 6.45) is 4.40. The predicted octanol–water partition coefficient (Wildman–Crippen LogP) is 6.69. The number of hydrogen-bond donors (Lipinski definition) is 0. The maximum Gasteiger partial charge on any atom is 0.242 e. The fraction of sp³-hybridized carbons (Fsp3) is 0.143. The molecule has 0 N–H and O–H groups in total. The second-order valence-corrected chi connectivity index (χ2v) is 7.18. The maximum atomic E-state index is 12.4. The van der Waals surface area contributed by atoms with E-state index in [0.29, 0.717) is 12.0 Å². The van der Waals surface area contributed by atoms with Crippen LogP contribution in [0.15, 0.2) is 103 Å². The maximum absolute atomic E-state index is 12.4. The van der Waals surface area contributed by atoms with Gasteiger partial charge in [-0.15, -0.1) is 0 Å². The van der Waals surface area contributed by atoms with Crippen LogP contribution < -0.4 is 0 Å². The number of ketones is 1. The van der Waals surface area contributed by atoms with Crippen molar-refractivity contribution in [2.75, 3.05) is 0 Å². The third kappa shape index (κ3) is 5.67. The first-order valence-corrected chi connectivity index (χ1v) is 10.6. The van der Waals surface area contributed by atoms with E-state index in [1.54, 1.807) is 0 Å². The monoisotopic (exact) mass is 409 g/mol. The number of hydrogen-bond acceptors (Lipinski definition) is 2. The van der Waals surface area contributed by atoms with Gasteiger partial charge in [-0.05, 0) is 17.5 Å². The van der Waals surface area contributed by atoms with Crippen molar-refractivity contribution in [1.82, 2.24) is 4.57 Å². The Kier molecular flexibility index (Phi) is 8.13. The van der Waals surface area contributed by atoms with E-state index in [0.717, 1.165) is 41.6 Å². The van der Waals surface area contributed by atoms with Crippen molar-refractivity contribution in [3.63, 3.8) is 0 Å².